The van der Waals surface area contributed by atoms with Crippen LogP contribution < -0.4 is 10.6 Å². The molecule has 1 amide bonds. The van der Waals surface area contributed by atoms with Crippen molar-refractivity contribution in [2.24, 2.45) is 5.92 Å². The summed E-state index contributed by atoms with van der Waals surface area (Å²) in [4.78, 5) is 12.8. The first kappa shape index (κ1) is 17.7. The molecular formula is C26H24N2O. The summed E-state index contributed by atoms with van der Waals surface area (Å²) in [5.41, 5.74) is 4.17. The highest BCUT2D eigenvalue weighted by Gasteiger charge is 2.39. The minimum Gasteiger partial charge on any atom is -0.377 e. The van der Waals surface area contributed by atoms with Crippen LogP contribution in [0.1, 0.15) is 39.9 Å². The van der Waals surface area contributed by atoms with Crippen LogP contribution in [0.25, 0.3) is 10.8 Å². The smallest absolute Gasteiger partial charge is 0.253 e. The molecule has 0 spiro atoms. The lowest BCUT2D eigenvalue weighted by Gasteiger charge is -2.38. The van der Waals surface area contributed by atoms with Gasteiger partial charge in [-0.1, -0.05) is 72.8 Å². The quantitative estimate of drug-likeness (QED) is 0.580. The van der Waals surface area contributed by atoms with Crippen LogP contribution in [-0.4, -0.2) is 12.5 Å². The Hall–Kier alpha value is -3.33. The van der Waals surface area contributed by atoms with Gasteiger partial charge in [0.2, 0.25) is 0 Å². The molecule has 3 heteroatoms. The molecule has 0 saturated carbocycles. The number of carbonyl (C=O) groups is 1. The Bertz CT molecular complexity index is 1130. The molecule has 0 aromatic heterocycles. The number of hydrogen-bond donors (Lipinski definition) is 2. The molecule has 2 N–H and O–H groups in total. The van der Waals surface area contributed by atoms with E-state index in [1.807, 2.05) is 12.1 Å². The van der Waals surface area contributed by atoms with Crippen LogP contribution in [-0.2, 0) is 0 Å². The largest absolute Gasteiger partial charge is 0.377 e. The predicted octanol–water partition coefficient (Wildman–Crippen LogP) is 5.58. The van der Waals surface area contributed by atoms with Gasteiger partial charge in [0.05, 0.1) is 17.3 Å². The van der Waals surface area contributed by atoms with Crippen LogP contribution in [0.3, 0.4) is 0 Å². The third kappa shape index (κ3) is 2.94. The van der Waals surface area contributed by atoms with E-state index in [0.717, 1.165) is 12.1 Å². The predicted molar refractivity (Wildman–Crippen MR) is 119 cm³/mol. The Labute approximate surface area is 171 Å². The van der Waals surface area contributed by atoms with Crippen molar-refractivity contribution >= 4 is 22.4 Å². The third-order valence-corrected chi connectivity index (χ3v) is 6.21. The van der Waals surface area contributed by atoms with E-state index in [4.69, 9.17) is 0 Å². The summed E-state index contributed by atoms with van der Waals surface area (Å²) in [6, 6.07) is 21.3. The summed E-state index contributed by atoms with van der Waals surface area (Å²) < 4.78 is 0. The van der Waals surface area contributed by atoms with E-state index < -0.39 is 0 Å². The average Bonchev–Trinajstić information content (AvgIpc) is 3.26. The van der Waals surface area contributed by atoms with Crippen molar-refractivity contribution in [3.63, 3.8) is 0 Å². The fourth-order valence-electron chi connectivity index (χ4n) is 4.90. The lowest BCUT2D eigenvalue weighted by molar-refractivity contribution is 0.0958. The maximum atomic E-state index is 12.8. The van der Waals surface area contributed by atoms with E-state index in [9.17, 15) is 4.79 Å². The topological polar surface area (TPSA) is 41.1 Å². The summed E-state index contributed by atoms with van der Waals surface area (Å²) in [5.74, 6) is 0.702. The molecule has 0 fully saturated rings. The number of carbonyl (C=O) groups excluding carboxylic acids is 1. The zero-order valence-electron chi connectivity index (χ0n) is 16.3. The second-order valence-corrected chi connectivity index (χ2v) is 7.81. The molecule has 0 bridgehead atoms. The van der Waals surface area contributed by atoms with Gasteiger partial charge < -0.3 is 10.6 Å². The summed E-state index contributed by atoms with van der Waals surface area (Å²) >= 11 is 0. The van der Waals surface area contributed by atoms with E-state index in [-0.39, 0.29) is 11.9 Å². The second kappa shape index (κ2) is 7.25. The van der Waals surface area contributed by atoms with Crippen molar-refractivity contribution in [3.8, 4) is 0 Å². The Morgan fingerprint density at radius 1 is 1.07 bits per heavy atom. The van der Waals surface area contributed by atoms with Gasteiger partial charge in [0.1, 0.15) is 0 Å². The molecule has 3 unspecified atom stereocenters. The number of fused-ring (bicyclic) bond motifs is 4. The van der Waals surface area contributed by atoms with Gasteiger partial charge in [-0.25, -0.2) is 0 Å². The number of nitrogens with one attached hydrogen (secondary N) is 2. The first-order chi connectivity index (χ1) is 14.3. The number of allylic oxidation sites excluding steroid dienone is 2. The average molecular weight is 380 g/mol. The molecule has 2 aliphatic rings. The summed E-state index contributed by atoms with van der Waals surface area (Å²) in [7, 11) is 0. The number of benzene rings is 3. The highest BCUT2D eigenvalue weighted by atomic mass is 16.1. The summed E-state index contributed by atoms with van der Waals surface area (Å²) in [6.07, 6.45) is 7.34. The maximum absolute atomic E-state index is 12.8. The van der Waals surface area contributed by atoms with Gasteiger partial charge in [0.25, 0.3) is 5.91 Å². The van der Waals surface area contributed by atoms with Gasteiger partial charge in [-0.15, -0.1) is 6.58 Å². The van der Waals surface area contributed by atoms with E-state index in [1.165, 1.54) is 21.9 Å². The molecule has 1 heterocycles. The van der Waals surface area contributed by atoms with E-state index in [1.54, 1.807) is 6.08 Å². The van der Waals surface area contributed by atoms with Crippen LogP contribution in [0.4, 0.5) is 5.69 Å². The van der Waals surface area contributed by atoms with Gasteiger partial charge in [0, 0.05) is 12.5 Å². The van der Waals surface area contributed by atoms with Gasteiger partial charge in [-0.05, 0) is 40.3 Å². The Morgan fingerprint density at radius 3 is 2.76 bits per heavy atom. The van der Waals surface area contributed by atoms with Crippen molar-refractivity contribution in [2.45, 2.75) is 18.4 Å². The zero-order valence-corrected chi connectivity index (χ0v) is 16.3. The highest BCUT2D eigenvalue weighted by molar-refractivity contribution is 6.01. The molecule has 1 aliphatic heterocycles. The number of para-hydroxylation sites is 1. The summed E-state index contributed by atoms with van der Waals surface area (Å²) in [6.45, 7) is 4.16. The number of anilines is 1. The first-order valence-corrected chi connectivity index (χ1v) is 10.2. The molecule has 29 heavy (non-hydrogen) atoms. The molecule has 5 rings (SSSR count). The molecule has 144 valence electrons. The normalized spacial score (nSPS) is 21.9. The van der Waals surface area contributed by atoms with Crippen molar-refractivity contribution in [1.82, 2.24) is 5.32 Å². The van der Waals surface area contributed by atoms with Gasteiger partial charge in [-0.3, -0.25) is 4.79 Å². The fourth-order valence-corrected chi connectivity index (χ4v) is 4.90. The number of hydrogen-bond acceptors (Lipinski definition) is 2. The van der Waals surface area contributed by atoms with Crippen molar-refractivity contribution in [1.29, 1.82) is 0 Å². The molecule has 0 saturated heterocycles. The van der Waals surface area contributed by atoms with Gasteiger partial charge in [-0.2, -0.15) is 0 Å². The van der Waals surface area contributed by atoms with Crippen molar-refractivity contribution in [3.05, 3.63) is 102 Å². The zero-order chi connectivity index (χ0) is 19.8. The van der Waals surface area contributed by atoms with Crippen molar-refractivity contribution < 1.29 is 4.79 Å². The molecule has 3 aromatic rings. The SMILES string of the molecule is C=CCNC(=O)c1cccc2c1NC(c1cccc3ccccc13)C1CC=CC21. The van der Waals surface area contributed by atoms with E-state index in [0.29, 0.717) is 23.9 Å². The Kier molecular flexibility index (Phi) is 4.44. The lowest BCUT2D eigenvalue weighted by atomic mass is 9.75. The van der Waals surface area contributed by atoms with Crippen molar-refractivity contribution in [2.75, 3.05) is 11.9 Å². The fraction of sp³-hybridized carbons (Fsp3) is 0.192. The van der Waals surface area contributed by atoms with Gasteiger partial charge >= 0.3 is 0 Å². The first-order valence-electron chi connectivity index (χ1n) is 10.2. The third-order valence-electron chi connectivity index (χ3n) is 6.21. The summed E-state index contributed by atoms with van der Waals surface area (Å²) in [5, 5.41) is 9.22. The van der Waals surface area contributed by atoms with Gasteiger partial charge in [0.15, 0.2) is 0 Å². The maximum Gasteiger partial charge on any atom is 0.253 e. The van der Waals surface area contributed by atoms with Crippen LogP contribution in [0.2, 0.25) is 0 Å². The molecule has 3 aromatic carbocycles. The minimum atomic E-state index is -0.0636. The van der Waals surface area contributed by atoms with Crippen LogP contribution in [0.5, 0.6) is 0 Å². The molecule has 0 radical (unpaired) electrons. The van der Waals surface area contributed by atoms with Crippen LogP contribution >= 0.6 is 0 Å². The second-order valence-electron chi connectivity index (χ2n) is 7.81. The monoisotopic (exact) mass is 380 g/mol. The van der Waals surface area contributed by atoms with Crippen LogP contribution in [0.15, 0.2) is 85.5 Å². The molecule has 3 nitrogen and oxygen atoms in total. The lowest BCUT2D eigenvalue weighted by Crippen LogP contribution is -2.32. The Morgan fingerprint density at radius 2 is 1.86 bits per heavy atom. The van der Waals surface area contributed by atoms with Crippen LogP contribution in [0, 0.1) is 5.92 Å². The molecule has 1 aliphatic carbocycles. The number of rotatable bonds is 4. The molecular weight excluding hydrogens is 356 g/mol. The minimum absolute atomic E-state index is 0.0636. The van der Waals surface area contributed by atoms with E-state index in [2.05, 4.69) is 77.9 Å². The van der Waals surface area contributed by atoms with E-state index >= 15 is 0 Å². The number of amides is 1. The highest BCUT2D eigenvalue weighted by Crippen LogP contribution is 2.51. The molecule has 3 atom stereocenters. The Balaban J connectivity index is 1.63. The standard InChI is InChI=1S/C26H24N2O/c1-2-16-27-26(29)23-15-7-14-22-19-11-6-13-21(19)24(28-25(22)23)20-12-5-9-17-8-3-4-10-18(17)20/h2-12,14-15,19,21,24,28H,1,13,16H2,(H,27,29).